The van der Waals surface area contributed by atoms with E-state index in [-0.39, 0.29) is 17.2 Å². The lowest BCUT2D eigenvalue weighted by Gasteiger charge is -2.38. The number of hydrogen-bond donors (Lipinski definition) is 0. The molecule has 0 radical (unpaired) electrons. The van der Waals surface area contributed by atoms with Crippen LogP contribution in [0.1, 0.15) is 37.8 Å². The van der Waals surface area contributed by atoms with Gasteiger partial charge in [0.25, 0.3) is 5.91 Å². The van der Waals surface area contributed by atoms with Gasteiger partial charge in [0.2, 0.25) is 23.3 Å². The minimum atomic E-state index is -2.07. The molecular formula is C25H20N2O6. The molecule has 0 N–H and O–H groups in total. The van der Waals surface area contributed by atoms with Gasteiger partial charge in [-0.05, 0) is 36.5 Å². The number of anilines is 2. The average Bonchev–Trinajstić information content (AvgIpc) is 3.46. The normalized spacial score (nSPS) is 29.6. The van der Waals surface area contributed by atoms with E-state index in [1.54, 1.807) is 48.5 Å². The molecule has 1 saturated heterocycles. The summed E-state index contributed by atoms with van der Waals surface area (Å²) in [6.45, 7) is 2.53. The van der Waals surface area contributed by atoms with Gasteiger partial charge in [0.15, 0.2) is 0 Å². The minimum absolute atomic E-state index is 0.160. The standard InChI is InChI=1S/C25H20N2O6/c1-13(28)26-18-9-5-3-7-16(18)24(22(26)31)20(15-11-12-15)21(30)33-25(24)17-8-4-6-10-19(17)27(14(2)29)23(25)32/h3-10,15,20H,11-12H2,1-2H3/t20-,24+,25+/m1/s1. The molecule has 0 unspecified atom stereocenters. The van der Waals surface area contributed by atoms with Crippen molar-refractivity contribution >= 4 is 41.0 Å². The van der Waals surface area contributed by atoms with Gasteiger partial charge in [-0.3, -0.25) is 24.0 Å². The Balaban J connectivity index is 1.76. The Morgan fingerprint density at radius 2 is 1.33 bits per heavy atom. The molecule has 1 saturated carbocycles. The van der Waals surface area contributed by atoms with Gasteiger partial charge in [-0.25, -0.2) is 9.80 Å². The molecular weight excluding hydrogens is 424 g/mol. The van der Waals surface area contributed by atoms with Gasteiger partial charge < -0.3 is 4.74 Å². The molecule has 3 heterocycles. The number of carbonyl (C=O) groups excluding carboxylic acids is 5. The highest BCUT2D eigenvalue weighted by atomic mass is 16.6. The second-order valence-electron chi connectivity index (χ2n) is 9.08. The maximum Gasteiger partial charge on any atom is 0.312 e. The van der Waals surface area contributed by atoms with Crippen molar-refractivity contribution in [2.24, 2.45) is 11.8 Å². The number of amides is 4. The van der Waals surface area contributed by atoms with Crippen molar-refractivity contribution < 1.29 is 28.7 Å². The Hall–Kier alpha value is -3.81. The molecule has 8 nitrogen and oxygen atoms in total. The van der Waals surface area contributed by atoms with Crippen molar-refractivity contribution in [2.75, 3.05) is 9.80 Å². The first-order chi connectivity index (χ1) is 15.8. The molecule has 4 amide bonds. The molecule has 0 bridgehead atoms. The predicted octanol–water partition coefficient (Wildman–Crippen LogP) is 2.19. The lowest BCUT2D eigenvalue weighted by Crippen LogP contribution is -2.61. The summed E-state index contributed by atoms with van der Waals surface area (Å²) in [4.78, 5) is 69.2. The minimum Gasteiger partial charge on any atom is -0.442 e. The van der Waals surface area contributed by atoms with Crippen molar-refractivity contribution in [3.05, 3.63) is 59.7 Å². The Bertz CT molecular complexity index is 1310. The van der Waals surface area contributed by atoms with Crippen LogP contribution in [0.25, 0.3) is 0 Å². The molecule has 2 aromatic rings. The molecule has 166 valence electrons. The van der Waals surface area contributed by atoms with Crippen LogP contribution in [-0.4, -0.2) is 29.6 Å². The van der Waals surface area contributed by atoms with Crippen molar-refractivity contribution in [2.45, 2.75) is 37.7 Å². The van der Waals surface area contributed by atoms with E-state index in [4.69, 9.17) is 4.74 Å². The summed E-state index contributed by atoms with van der Waals surface area (Å²) < 4.78 is 5.99. The zero-order chi connectivity index (χ0) is 23.3. The maximum absolute atomic E-state index is 14.3. The quantitative estimate of drug-likeness (QED) is 0.625. The number of benzene rings is 2. The van der Waals surface area contributed by atoms with E-state index in [2.05, 4.69) is 0 Å². The smallest absolute Gasteiger partial charge is 0.312 e. The van der Waals surface area contributed by atoms with Crippen LogP contribution in [-0.2, 0) is 39.7 Å². The molecule has 3 atom stereocenters. The fourth-order valence-corrected chi connectivity index (χ4v) is 6.16. The van der Waals surface area contributed by atoms with Crippen LogP contribution in [0.3, 0.4) is 0 Å². The Kier molecular flexibility index (Phi) is 3.70. The second kappa shape index (κ2) is 6.15. The van der Waals surface area contributed by atoms with Gasteiger partial charge in [0.1, 0.15) is 5.41 Å². The molecule has 3 aliphatic heterocycles. The first kappa shape index (κ1) is 19.8. The number of carbonyl (C=O) groups is 5. The lowest BCUT2D eigenvalue weighted by atomic mass is 9.59. The van der Waals surface area contributed by atoms with Gasteiger partial charge in [-0.15, -0.1) is 0 Å². The summed E-state index contributed by atoms with van der Waals surface area (Å²) in [5, 5.41) is 0. The highest BCUT2D eigenvalue weighted by Crippen LogP contribution is 2.68. The highest BCUT2D eigenvalue weighted by Gasteiger charge is 2.83. The highest BCUT2D eigenvalue weighted by molar-refractivity contribution is 6.31. The molecule has 2 aromatic carbocycles. The van der Waals surface area contributed by atoms with Crippen molar-refractivity contribution in [3.8, 4) is 0 Å². The third kappa shape index (κ3) is 2.05. The van der Waals surface area contributed by atoms with Crippen LogP contribution in [0.5, 0.6) is 0 Å². The van der Waals surface area contributed by atoms with Gasteiger partial charge >= 0.3 is 5.97 Å². The van der Waals surface area contributed by atoms with Gasteiger partial charge in [-0.2, -0.15) is 0 Å². The molecule has 2 spiro atoms. The van der Waals surface area contributed by atoms with E-state index in [1.165, 1.54) is 13.8 Å². The number of nitrogens with zero attached hydrogens (tertiary/aromatic N) is 2. The average molecular weight is 444 g/mol. The molecule has 0 aromatic heterocycles. The number of hydrogen-bond acceptors (Lipinski definition) is 6. The van der Waals surface area contributed by atoms with E-state index < -0.39 is 46.5 Å². The molecule has 1 aliphatic carbocycles. The predicted molar refractivity (Wildman–Crippen MR) is 115 cm³/mol. The third-order valence-corrected chi connectivity index (χ3v) is 7.39. The van der Waals surface area contributed by atoms with Crippen molar-refractivity contribution in [1.82, 2.24) is 0 Å². The van der Waals surface area contributed by atoms with E-state index in [0.29, 0.717) is 24.1 Å². The Labute approximate surface area is 189 Å². The van der Waals surface area contributed by atoms with Crippen LogP contribution in [0.4, 0.5) is 11.4 Å². The topological polar surface area (TPSA) is 101 Å². The van der Waals surface area contributed by atoms with E-state index >= 15 is 0 Å². The molecule has 2 fully saturated rings. The van der Waals surface area contributed by atoms with Crippen LogP contribution >= 0.6 is 0 Å². The van der Waals surface area contributed by atoms with Crippen LogP contribution < -0.4 is 9.80 Å². The summed E-state index contributed by atoms with van der Waals surface area (Å²) >= 11 is 0. The first-order valence-corrected chi connectivity index (χ1v) is 10.9. The van der Waals surface area contributed by atoms with E-state index in [9.17, 15) is 24.0 Å². The fraction of sp³-hybridized carbons (Fsp3) is 0.320. The van der Waals surface area contributed by atoms with Crippen LogP contribution in [0.15, 0.2) is 48.5 Å². The second-order valence-corrected chi connectivity index (χ2v) is 9.08. The lowest BCUT2D eigenvalue weighted by molar-refractivity contribution is -0.162. The number of para-hydroxylation sites is 2. The summed E-state index contributed by atoms with van der Waals surface area (Å²) in [6.07, 6.45) is 1.42. The molecule has 6 rings (SSSR count). The zero-order valence-corrected chi connectivity index (χ0v) is 18.0. The van der Waals surface area contributed by atoms with E-state index in [1.807, 2.05) is 0 Å². The van der Waals surface area contributed by atoms with Crippen molar-refractivity contribution in [1.29, 1.82) is 0 Å². The molecule has 33 heavy (non-hydrogen) atoms. The summed E-state index contributed by atoms with van der Waals surface area (Å²) in [6, 6.07) is 13.3. The van der Waals surface area contributed by atoms with Gasteiger partial charge in [-0.1, -0.05) is 36.4 Å². The summed E-state index contributed by atoms with van der Waals surface area (Å²) in [5.74, 6) is -4.26. The molecule has 4 aliphatic rings. The van der Waals surface area contributed by atoms with Crippen LogP contribution in [0.2, 0.25) is 0 Å². The Morgan fingerprint density at radius 1 is 0.818 bits per heavy atom. The Morgan fingerprint density at radius 3 is 1.91 bits per heavy atom. The molecule has 8 heteroatoms. The van der Waals surface area contributed by atoms with Gasteiger partial charge in [0, 0.05) is 19.4 Å². The SMILES string of the molecule is CC(=O)N1C(=O)[C@@]2(OC(=O)[C@@H](C3CC3)[C@@]23C(=O)N(C(C)=O)c2ccccc23)c2ccccc21. The van der Waals surface area contributed by atoms with Crippen LogP contribution in [0, 0.1) is 11.8 Å². The number of esters is 1. The fourth-order valence-electron chi connectivity index (χ4n) is 6.16. The zero-order valence-electron chi connectivity index (χ0n) is 18.0. The summed E-state index contributed by atoms with van der Waals surface area (Å²) in [7, 11) is 0. The first-order valence-electron chi connectivity index (χ1n) is 10.9. The number of ether oxygens (including phenoxy) is 1. The number of rotatable bonds is 1. The summed E-state index contributed by atoms with van der Waals surface area (Å²) in [5.41, 5.74) is -2.55. The third-order valence-electron chi connectivity index (χ3n) is 7.39. The van der Waals surface area contributed by atoms with Crippen molar-refractivity contribution in [3.63, 3.8) is 0 Å². The number of fused-ring (bicyclic) bond motifs is 5. The monoisotopic (exact) mass is 444 g/mol. The number of imide groups is 2. The van der Waals surface area contributed by atoms with Gasteiger partial charge in [0.05, 0.1) is 17.3 Å². The van der Waals surface area contributed by atoms with E-state index in [0.717, 1.165) is 9.80 Å². The maximum atomic E-state index is 14.3. The largest absolute Gasteiger partial charge is 0.442 e.